The van der Waals surface area contributed by atoms with Gasteiger partial charge in [-0.25, -0.2) is 0 Å². The summed E-state index contributed by atoms with van der Waals surface area (Å²) in [5.74, 6) is 1.07. The fourth-order valence-corrected chi connectivity index (χ4v) is 1.76. The van der Waals surface area contributed by atoms with Gasteiger partial charge in [0.15, 0.2) is 0 Å². The van der Waals surface area contributed by atoms with Crippen molar-refractivity contribution in [2.45, 2.75) is 39.8 Å². The lowest BCUT2D eigenvalue weighted by atomic mass is 10.00. The molecule has 3 N–H and O–H groups in total. The van der Waals surface area contributed by atoms with Gasteiger partial charge in [0.25, 0.3) is 0 Å². The quantitative estimate of drug-likeness (QED) is 0.824. The first kappa shape index (κ1) is 14.0. The maximum Gasteiger partial charge on any atom is 0.137 e. The maximum absolute atomic E-state index is 9.35. The monoisotopic (exact) mass is 237 g/mol. The number of hydrogen-bond acceptors (Lipinski definition) is 3. The molecule has 1 aromatic carbocycles. The molecule has 1 aromatic rings. The predicted molar refractivity (Wildman–Crippen MR) is 70.2 cm³/mol. The summed E-state index contributed by atoms with van der Waals surface area (Å²) in [7, 11) is 0. The van der Waals surface area contributed by atoms with Crippen LogP contribution in [0.15, 0.2) is 18.2 Å². The fourth-order valence-electron chi connectivity index (χ4n) is 1.76. The predicted octanol–water partition coefficient (Wildman–Crippen LogP) is 2.03. The largest absolute Gasteiger partial charge is 0.486 e. The molecule has 0 fully saturated rings. The van der Waals surface area contributed by atoms with Gasteiger partial charge in [0.1, 0.15) is 11.9 Å². The summed E-state index contributed by atoms with van der Waals surface area (Å²) in [6.07, 6.45) is -0.351. The molecule has 0 amide bonds. The van der Waals surface area contributed by atoms with E-state index in [0.29, 0.717) is 0 Å². The van der Waals surface area contributed by atoms with Crippen molar-refractivity contribution in [2.24, 2.45) is 11.7 Å². The number of nitrogens with two attached hydrogens (primary N) is 1. The molecule has 0 heterocycles. The molecule has 2 unspecified atom stereocenters. The molecule has 0 aliphatic rings. The summed E-state index contributed by atoms with van der Waals surface area (Å²) in [6, 6.07) is 5.82. The van der Waals surface area contributed by atoms with Gasteiger partial charge in [0.05, 0.1) is 6.61 Å². The van der Waals surface area contributed by atoms with Crippen LogP contribution in [0.5, 0.6) is 5.75 Å². The van der Waals surface area contributed by atoms with Crippen LogP contribution < -0.4 is 10.5 Å². The van der Waals surface area contributed by atoms with Gasteiger partial charge in [0, 0.05) is 6.04 Å². The Kier molecular flexibility index (Phi) is 4.97. The number of aryl methyl sites for hydroxylation is 2. The van der Waals surface area contributed by atoms with Crippen LogP contribution >= 0.6 is 0 Å². The highest BCUT2D eigenvalue weighted by Gasteiger charge is 2.22. The molecule has 0 bridgehead atoms. The molecular weight excluding hydrogens is 214 g/mol. The highest BCUT2D eigenvalue weighted by molar-refractivity contribution is 5.35. The molecule has 3 nitrogen and oxygen atoms in total. The Balaban J connectivity index is 2.80. The van der Waals surface area contributed by atoms with E-state index in [-0.39, 0.29) is 24.7 Å². The number of aliphatic hydroxyl groups excluding tert-OH is 1. The Labute approximate surface area is 104 Å². The lowest BCUT2D eigenvalue weighted by Gasteiger charge is -2.26. The highest BCUT2D eigenvalue weighted by Crippen LogP contribution is 2.21. The van der Waals surface area contributed by atoms with E-state index in [2.05, 4.69) is 6.07 Å². The van der Waals surface area contributed by atoms with Crippen molar-refractivity contribution < 1.29 is 9.84 Å². The zero-order chi connectivity index (χ0) is 13.0. The summed E-state index contributed by atoms with van der Waals surface area (Å²) in [4.78, 5) is 0. The van der Waals surface area contributed by atoms with E-state index in [1.165, 1.54) is 5.56 Å². The molecule has 0 saturated heterocycles. The topological polar surface area (TPSA) is 55.5 Å². The first-order valence-corrected chi connectivity index (χ1v) is 6.06. The number of aliphatic hydroxyl groups is 1. The molecule has 0 aliphatic heterocycles. The van der Waals surface area contributed by atoms with Crippen molar-refractivity contribution in [2.75, 3.05) is 6.61 Å². The second kappa shape index (κ2) is 6.03. The normalized spacial score (nSPS) is 14.8. The molecule has 0 radical (unpaired) electrons. The zero-order valence-corrected chi connectivity index (χ0v) is 11.1. The molecule has 0 spiro atoms. The third-order valence-electron chi connectivity index (χ3n) is 2.99. The second-order valence-corrected chi connectivity index (χ2v) is 4.93. The molecule has 0 aromatic heterocycles. The SMILES string of the molecule is Cc1ccc(OC(CO)C(N)C(C)C)c(C)c1. The summed E-state index contributed by atoms with van der Waals surface area (Å²) in [5, 5.41) is 9.35. The molecule has 17 heavy (non-hydrogen) atoms. The van der Waals surface area contributed by atoms with Gasteiger partial charge in [-0.3, -0.25) is 0 Å². The Hall–Kier alpha value is -1.06. The third-order valence-corrected chi connectivity index (χ3v) is 2.99. The van der Waals surface area contributed by atoms with Gasteiger partial charge >= 0.3 is 0 Å². The Morgan fingerprint density at radius 1 is 1.29 bits per heavy atom. The second-order valence-electron chi connectivity index (χ2n) is 4.93. The van der Waals surface area contributed by atoms with Crippen LogP contribution in [0.2, 0.25) is 0 Å². The van der Waals surface area contributed by atoms with E-state index in [9.17, 15) is 5.11 Å². The molecule has 2 atom stereocenters. The minimum atomic E-state index is -0.351. The van der Waals surface area contributed by atoms with Crippen LogP contribution in [0.25, 0.3) is 0 Å². The summed E-state index contributed by atoms with van der Waals surface area (Å²) in [6.45, 7) is 8.03. The fraction of sp³-hybridized carbons (Fsp3) is 0.571. The number of benzene rings is 1. The number of ether oxygens (including phenoxy) is 1. The number of rotatable bonds is 5. The van der Waals surface area contributed by atoms with E-state index in [1.807, 2.05) is 39.8 Å². The van der Waals surface area contributed by atoms with E-state index in [0.717, 1.165) is 11.3 Å². The van der Waals surface area contributed by atoms with Crippen LogP contribution in [0.1, 0.15) is 25.0 Å². The maximum atomic E-state index is 9.35. The van der Waals surface area contributed by atoms with Crippen molar-refractivity contribution in [3.8, 4) is 5.75 Å². The van der Waals surface area contributed by atoms with E-state index < -0.39 is 0 Å². The Morgan fingerprint density at radius 3 is 2.41 bits per heavy atom. The summed E-state index contributed by atoms with van der Waals surface area (Å²) < 4.78 is 5.80. The van der Waals surface area contributed by atoms with Gasteiger partial charge in [-0.05, 0) is 31.4 Å². The standard InChI is InChI=1S/C14H23NO2/c1-9(2)14(15)13(8-16)17-12-6-5-10(3)7-11(12)4/h5-7,9,13-14,16H,8,15H2,1-4H3. The average molecular weight is 237 g/mol. The van der Waals surface area contributed by atoms with Crippen molar-refractivity contribution in [3.05, 3.63) is 29.3 Å². The van der Waals surface area contributed by atoms with E-state index in [4.69, 9.17) is 10.5 Å². The third kappa shape index (κ3) is 3.72. The first-order valence-electron chi connectivity index (χ1n) is 6.06. The minimum absolute atomic E-state index is 0.0628. The molecule has 0 aliphatic carbocycles. The zero-order valence-electron chi connectivity index (χ0n) is 11.1. The van der Waals surface area contributed by atoms with Crippen molar-refractivity contribution in [3.63, 3.8) is 0 Å². The Bertz CT molecular complexity index is 363. The molecule has 0 saturated carbocycles. The molecule has 96 valence electrons. The number of hydrogen-bond donors (Lipinski definition) is 2. The van der Waals surface area contributed by atoms with Crippen LogP contribution in [0, 0.1) is 19.8 Å². The van der Waals surface area contributed by atoms with Crippen molar-refractivity contribution >= 4 is 0 Å². The average Bonchev–Trinajstić information content (AvgIpc) is 2.27. The Morgan fingerprint density at radius 2 is 1.94 bits per heavy atom. The smallest absolute Gasteiger partial charge is 0.137 e. The molecule has 3 heteroatoms. The van der Waals surface area contributed by atoms with Gasteiger partial charge in [-0.2, -0.15) is 0 Å². The van der Waals surface area contributed by atoms with Crippen molar-refractivity contribution in [1.29, 1.82) is 0 Å². The van der Waals surface area contributed by atoms with Crippen LogP contribution in [-0.2, 0) is 0 Å². The summed E-state index contributed by atoms with van der Waals surface area (Å²) in [5.41, 5.74) is 8.28. The van der Waals surface area contributed by atoms with Crippen molar-refractivity contribution in [1.82, 2.24) is 0 Å². The van der Waals surface area contributed by atoms with Gasteiger partial charge < -0.3 is 15.6 Å². The van der Waals surface area contributed by atoms with Crippen LogP contribution in [-0.4, -0.2) is 23.9 Å². The van der Waals surface area contributed by atoms with E-state index >= 15 is 0 Å². The van der Waals surface area contributed by atoms with Gasteiger partial charge in [-0.15, -0.1) is 0 Å². The minimum Gasteiger partial charge on any atom is -0.486 e. The first-order chi connectivity index (χ1) is 7.95. The lowest BCUT2D eigenvalue weighted by Crippen LogP contribution is -2.45. The van der Waals surface area contributed by atoms with Crippen LogP contribution in [0.4, 0.5) is 0 Å². The summed E-state index contributed by atoms with van der Waals surface area (Å²) >= 11 is 0. The van der Waals surface area contributed by atoms with Gasteiger partial charge in [0.2, 0.25) is 0 Å². The van der Waals surface area contributed by atoms with E-state index in [1.54, 1.807) is 0 Å². The highest BCUT2D eigenvalue weighted by atomic mass is 16.5. The molecule has 1 rings (SSSR count). The molecular formula is C14H23NO2. The van der Waals surface area contributed by atoms with Crippen LogP contribution in [0.3, 0.4) is 0 Å². The van der Waals surface area contributed by atoms with Gasteiger partial charge in [-0.1, -0.05) is 31.5 Å². The lowest BCUT2D eigenvalue weighted by molar-refractivity contribution is 0.0805.